The van der Waals surface area contributed by atoms with Gasteiger partial charge in [0.1, 0.15) is 6.61 Å². The normalized spacial score (nSPS) is 22.6. The quantitative estimate of drug-likeness (QED) is 0.418. The van der Waals surface area contributed by atoms with Gasteiger partial charge in [-0.2, -0.15) is 0 Å². The molecule has 2 atom stereocenters. The van der Waals surface area contributed by atoms with E-state index >= 15 is 0 Å². The van der Waals surface area contributed by atoms with Crippen LogP contribution in [-0.4, -0.2) is 38.9 Å². The first-order chi connectivity index (χ1) is 9.10. The molecule has 5 nitrogen and oxygen atoms in total. The Morgan fingerprint density at radius 1 is 1.21 bits per heavy atom. The van der Waals surface area contributed by atoms with Gasteiger partial charge in [0.25, 0.3) is 0 Å². The Labute approximate surface area is 113 Å². The Bertz CT molecular complexity index is 348. The van der Waals surface area contributed by atoms with Crippen LogP contribution in [0.5, 0.6) is 0 Å². The number of esters is 2. The molecule has 0 saturated heterocycles. The molecule has 0 unspecified atom stereocenters. The number of carbonyl (C=O) groups is 2. The van der Waals surface area contributed by atoms with Gasteiger partial charge in [-0.1, -0.05) is 11.6 Å². The zero-order chi connectivity index (χ0) is 14.3. The fraction of sp³-hybridized carbons (Fsp3) is 0.714. The molecule has 108 valence electrons. The zero-order valence-electron chi connectivity index (χ0n) is 11.8. The fourth-order valence-corrected chi connectivity index (χ4v) is 2.15. The summed E-state index contributed by atoms with van der Waals surface area (Å²) in [6, 6.07) is 0. The van der Waals surface area contributed by atoms with Crippen molar-refractivity contribution in [3.8, 4) is 0 Å². The highest BCUT2D eigenvalue weighted by Crippen LogP contribution is 2.31. The number of carbonyl (C=O) groups excluding carboxylic acids is 2. The molecular weight excluding hydrogens is 248 g/mol. The van der Waals surface area contributed by atoms with Crippen LogP contribution in [0.4, 0.5) is 0 Å². The van der Waals surface area contributed by atoms with Crippen molar-refractivity contribution >= 4 is 11.9 Å². The van der Waals surface area contributed by atoms with Crippen molar-refractivity contribution in [1.29, 1.82) is 0 Å². The van der Waals surface area contributed by atoms with Crippen LogP contribution in [0, 0.1) is 11.8 Å². The van der Waals surface area contributed by atoms with Gasteiger partial charge in [0.15, 0.2) is 0 Å². The molecule has 1 rings (SSSR count). The van der Waals surface area contributed by atoms with Gasteiger partial charge in [-0.3, -0.25) is 9.59 Å². The maximum Gasteiger partial charge on any atom is 0.310 e. The van der Waals surface area contributed by atoms with Crippen molar-refractivity contribution in [2.24, 2.45) is 11.8 Å². The second-order valence-corrected chi connectivity index (χ2v) is 4.62. The van der Waals surface area contributed by atoms with Gasteiger partial charge in [0.05, 0.1) is 25.0 Å². The lowest BCUT2D eigenvalue weighted by Crippen LogP contribution is -2.35. The molecule has 0 aliphatic heterocycles. The molecule has 0 bridgehead atoms. The zero-order valence-corrected chi connectivity index (χ0v) is 11.8. The Balaban J connectivity index is 2.66. The van der Waals surface area contributed by atoms with Crippen LogP contribution in [0.3, 0.4) is 0 Å². The van der Waals surface area contributed by atoms with Crippen LogP contribution in [-0.2, 0) is 23.8 Å². The molecule has 0 spiro atoms. The van der Waals surface area contributed by atoms with E-state index in [9.17, 15) is 9.59 Å². The molecule has 1 aliphatic carbocycles. The lowest BCUT2D eigenvalue weighted by Gasteiger charge is -2.27. The standard InChI is InChI=1S/C14H22O5/c1-4-18-14(16)12-9-10(2)5-6-11(12)13(15)19-8-7-17-3/h5,11-12H,4,6-9H2,1-3H3/t11-,12-/m1/s1. The first kappa shape index (κ1) is 15.7. The van der Waals surface area contributed by atoms with Gasteiger partial charge < -0.3 is 14.2 Å². The molecule has 0 fully saturated rings. The number of hydrogen-bond donors (Lipinski definition) is 0. The third kappa shape index (κ3) is 4.67. The lowest BCUT2D eigenvalue weighted by atomic mass is 9.80. The SMILES string of the molecule is CCOC(=O)[C@@H]1CC(C)=CC[C@H]1C(=O)OCCOC. The van der Waals surface area contributed by atoms with Crippen molar-refractivity contribution in [1.82, 2.24) is 0 Å². The van der Waals surface area contributed by atoms with Crippen LogP contribution in [0.1, 0.15) is 26.7 Å². The number of allylic oxidation sites excluding steroid dienone is 2. The molecule has 0 saturated carbocycles. The summed E-state index contributed by atoms with van der Waals surface area (Å²) in [7, 11) is 1.54. The monoisotopic (exact) mass is 270 g/mol. The van der Waals surface area contributed by atoms with E-state index in [0.29, 0.717) is 26.1 Å². The summed E-state index contributed by atoms with van der Waals surface area (Å²) >= 11 is 0. The summed E-state index contributed by atoms with van der Waals surface area (Å²) in [5.74, 6) is -1.54. The molecule has 0 aromatic heterocycles. The predicted molar refractivity (Wildman–Crippen MR) is 69.4 cm³/mol. The highest BCUT2D eigenvalue weighted by Gasteiger charge is 2.37. The summed E-state index contributed by atoms with van der Waals surface area (Å²) in [6.07, 6.45) is 3.07. The molecule has 0 aromatic carbocycles. The van der Waals surface area contributed by atoms with Gasteiger partial charge in [-0.25, -0.2) is 0 Å². The third-order valence-corrected chi connectivity index (χ3v) is 3.17. The molecule has 1 aliphatic rings. The van der Waals surface area contributed by atoms with Gasteiger partial charge in [-0.05, 0) is 26.7 Å². The van der Waals surface area contributed by atoms with Crippen molar-refractivity contribution in [3.05, 3.63) is 11.6 Å². The third-order valence-electron chi connectivity index (χ3n) is 3.17. The average Bonchev–Trinajstić information content (AvgIpc) is 2.39. The topological polar surface area (TPSA) is 61.8 Å². The molecule has 0 radical (unpaired) electrons. The van der Waals surface area contributed by atoms with E-state index in [1.807, 2.05) is 13.0 Å². The minimum Gasteiger partial charge on any atom is -0.466 e. The Morgan fingerprint density at radius 2 is 1.89 bits per heavy atom. The van der Waals surface area contributed by atoms with E-state index in [4.69, 9.17) is 14.2 Å². The molecule has 0 N–H and O–H groups in total. The van der Waals surface area contributed by atoms with Crippen LogP contribution >= 0.6 is 0 Å². The van der Waals surface area contributed by atoms with Crippen LogP contribution in [0.15, 0.2) is 11.6 Å². The van der Waals surface area contributed by atoms with Gasteiger partial charge in [0.2, 0.25) is 0 Å². The summed E-state index contributed by atoms with van der Waals surface area (Å²) in [4.78, 5) is 23.9. The molecule has 5 heteroatoms. The van der Waals surface area contributed by atoms with E-state index < -0.39 is 11.8 Å². The van der Waals surface area contributed by atoms with E-state index in [-0.39, 0.29) is 18.5 Å². The molecule has 0 heterocycles. The summed E-state index contributed by atoms with van der Waals surface area (Å²) < 4.78 is 15.0. The van der Waals surface area contributed by atoms with Gasteiger partial charge in [0, 0.05) is 7.11 Å². The Morgan fingerprint density at radius 3 is 2.53 bits per heavy atom. The second kappa shape index (κ2) is 7.94. The van der Waals surface area contributed by atoms with Crippen molar-refractivity contribution in [2.75, 3.05) is 26.9 Å². The highest BCUT2D eigenvalue weighted by atomic mass is 16.6. The minimum absolute atomic E-state index is 0.212. The number of rotatable bonds is 6. The van der Waals surface area contributed by atoms with Gasteiger partial charge in [-0.15, -0.1) is 0 Å². The predicted octanol–water partition coefficient (Wildman–Crippen LogP) is 1.71. The maximum atomic E-state index is 12.0. The summed E-state index contributed by atoms with van der Waals surface area (Å²) in [5.41, 5.74) is 1.11. The lowest BCUT2D eigenvalue weighted by molar-refractivity contribution is -0.161. The summed E-state index contributed by atoms with van der Waals surface area (Å²) in [6.45, 7) is 4.61. The van der Waals surface area contributed by atoms with E-state index in [0.717, 1.165) is 5.57 Å². The second-order valence-electron chi connectivity index (χ2n) is 4.62. The number of methoxy groups -OCH3 is 1. The highest BCUT2D eigenvalue weighted by molar-refractivity contribution is 5.83. The first-order valence-corrected chi connectivity index (χ1v) is 6.58. The maximum absolute atomic E-state index is 12.0. The number of hydrogen-bond acceptors (Lipinski definition) is 5. The molecule has 19 heavy (non-hydrogen) atoms. The average molecular weight is 270 g/mol. The summed E-state index contributed by atoms with van der Waals surface area (Å²) in [5, 5.41) is 0. The number of ether oxygens (including phenoxy) is 3. The van der Waals surface area contributed by atoms with Crippen LogP contribution in [0.2, 0.25) is 0 Å². The molecule has 0 amide bonds. The molecule has 0 aromatic rings. The first-order valence-electron chi connectivity index (χ1n) is 6.58. The van der Waals surface area contributed by atoms with E-state index in [1.165, 1.54) is 0 Å². The van der Waals surface area contributed by atoms with Crippen molar-refractivity contribution < 1.29 is 23.8 Å². The largest absolute Gasteiger partial charge is 0.466 e. The van der Waals surface area contributed by atoms with Crippen LogP contribution < -0.4 is 0 Å². The Hall–Kier alpha value is -1.36. The van der Waals surface area contributed by atoms with Crippen molar-refractivity contribution in [2.45, 2.75) is 26.7 Å². The van der Waals surface area contributed by atoms with Crippen LogP contribution in [0.25, 0.3) is 0 Å². The molecular formula is C14H22O5. The fourth-order valence-electron chi connectivity index (χ4n) is 2.15. The minimum atomic E-state index is -0.445. The Kier molecular flexibility index (Phi) is 6.56. The van der Waals surface area contributed by atoms with Crippen molar-refractivity contribution in [3.63, 3.8) is 0 Å². The van der Waals surface area contributed by atoms with Gasteiger partial charge >= 0.3 is 11.9 Å². The van der Waals surface area contributed by atoms with E-state index in [1.54, 1.807) is 14.0 Å². The van der Waals surface area contributed by atoms with E-state index in [2.05, 4.69) is 0 Å². The smallest absolute Gasteiger partial charge is 0.310 e.